The van der Waals surface area contributed by atoms with E-state index in [1.165, 1.54) is 11.1 Å². The lowest BCUT2D eigenvalue weighted by Gasteiger charge is -2.04. The molecule has 1 aromatic rings. The molecule has 14 heavy (non-hydrogen) atoms. The molecular formula is C11H13N3. The van der Waals surface area contributed by atoms with Crippen molar-refractivity contribution in [3.63, 3.8) is 0 Å². The quantitative estimate of drug-likeness (QED) is 0.396. The molecule has 0 bridgehead atoms. The van der Waals surface area contributed by atoms with E-state index in [1.807, 2.05) is 0 Å². The summed E-state index contributed by atoms with van der Waals surface area (Å²) in [6.45, 7) is 0.634. The van der Waals surface area contributed by atoms with E-state index in [1.54, 1.807) is 0 Å². The summed E-state index contributed by atoms with van der Waals surface area (Å²) in [5, 5.41) is 3.58. The van der Waals surface area contributed by atoms with Gasteiger partial charge in [0.1, 0.15) is 0 Å². The molecule has 0 atom stereocenters. The lowest BCUT2D eigenvalue weighted by Crippen LogP contribution is -2.00. The predicted octanol–water partition coefficient (Wildman–Crippen LogP) is 3.10. The maximum atomic E-state index is 8.17. The summed E-state index contributed by atoms with van der Waals surface area (Å²) >= 11 is 0. The van der Waals surface area contributed by atoms with Gasteiger partial charge in [-0.15, -0.1) is 0 Å². The lowest BCUT2D eigenvalue weighted by molar-refractivity contribution is 0.522. The van der Waals surface area contributed by atoms with E-state index in [-0.39, 0.29) is 0 Å². The fourth-order valence-corrected chi connectivity index (χ4v) is 2.14. The standard InChI is InChI=1S/C11H13N3/c12-14-13-6-5-9-7-10-3-1-2-4-11(10)8-9/h1-4,9H,5-8H2. The fourth-order valence-electron chi connectivity index (χ4n) is 2.14. The first kappa shape index (κ1) is 9.10. The van der Waals surface area contributed by atoms with E-state index in [9.17, 15) is 0 Å². The molecule has 2 rings (SSSR count). The Kier molecular flexibility index (Phi) is 2.70. The van der Waals surface area contributed by atoms with E-state index in [4.69, 9.17) is 5.53 Å². The smallest absolute Gasteiger partial charge is 0.0260 e. The molecule has 3 nitrogen and oxygen atoms in total. The zero-order valence-electron chi connectivity index (χ0n) is 8.06. The Balaban J connectivity index is 1.94. The zero-order valence-corrected chi connectivity index (χ0v) is 8.06. The average molecular weight is 187 g/mol. The van der Waals surface area contributed by atoms with E-state index in [0.717, 1.165) is 19.3 Å². The van der Waals surface area contributed by atoms with Gasteiger partial charge < -0.3 is 0 Å². The van der Waals surface area contributed by atoms with Crippen LogP contribution in [0.25, 0.3) is 10.4 Å². The van der Waals surface area contributed by atoms with Crippen LogP contribution in [-0.2, 0) is 12.8 Å². The van der Waals surface area contributed by atoms with Gasteiger partial charge in [-0.1, -0.05) is 29.4 Å². The highest BCUT2D eigenvalue weighted by molar-refractivity contribution is 5.31. The number of azide groups is 1. The van der Waals surface area contributed by atoms with E-state index in [2.05, 4.69) is 34.3 Å². The minimum atomic E-state index is 0.634. The zero-order chi connectivity index (χ0) is 9.80. The Bertz CT molecular complexity index is 342. The topological polar surface area (TPSA) is 48.8 Å². The SMILES string of the molecule is [N-]=[N+]=NCCC1Cc2ccccc2C1. The predicted molar refractivity (Wildman–Crippen MR) is 56.0 cm³/mol. The van der Waals surface area contributed by atoms with Crippen molar-refractivity contribution in [2.75, 3.05) is 6.54 Å². The number of hydrogen-bond acceptors (Lipinski definition) is 1. The molecule has 1 aliphatic carbocycles. The van der Waals surface area contributed by atoms with E-state index >= 15 is 0 Å². The number of benzene rings is 1. The molecule has 0 aromatic heterocycles. The van der Waals surface area contributed by atoms with Gasteiger partial charge in [-0.25, -0.2) is 0 Å². The highest BCUT2D eigenvalue weighted by Crippen LogP contribution is 2.28. The molecule has 0 fully saturated rings. The number of fused-ring (bicyclic) bond motifs is 1. The van der Waals surface area contributed by atoms with Crippen molar-refractivity contribution in [3.05, 3.63) is 45.8 Å². The second kappa shape index (κ2) is 4.16. The normalized spacial score (nSPS) is 14.9. The first-order valence-electron chi connectivity index (χ1n) is 4.98. The summed E-state index contributed by atoms with van der Waals surface area (Å²) in [6, 6.07) is 8.58. The monoisotopic (exact) mass is 187 g/mol. The summed E-state index contributed by atoms with van der Waals surface area (Å²) in [5.41, 5.74) is 11.1. The molecule has 0 heterocycles. The first-order valence-corrected chi connectivity index (χ1v) is 4.98. The molecule has 1 aliphatic rings. The summed E-state index contributed by atoms with van der Waals surface area (Å²) in [4.78, 5) is 2.77. The molecular weight excluding hydrogens is 174 g/mol. The molecule has 0 amide bonds. The molecule has 72 valence electrons. The molecule has 0 N–H and O–H groups in total. The minimum absolute atomic E-state index is 0.634. The van der Waals surface area contributed by atoms with Crippen LogP contribution >= 0.6 is 0 Å². The van der Waals surface area contributed by atoms with Gasteiger partial charge in [0, 0.05) is 11.5 Å². The Morgan fingerprint density at radius 3 is 2.50 bits per heavy atom. The molecule has 0 unspecified atom stereocenters. The second-order valence-corrected chi connectivity index (χ2v) is 3.79. The molecule has 1 aromatic carbocycles. The average Bonchev–Trinajstić information content (AvgIpc) is 2.60. The van der Waals surface area contributed by atoms with Crippen molar-refractivity contribution in [1.29, 1.82) is 0 Å². The number of nitrogens with zero attached hydrogens (tertiary/aromatic N) is 3. The van der Waals surface area contributed by atoms with Crippen LogP contribution in [0.3, 0.4) is 0 Å². The van der Waals surface area contributed by atoms with Crippen molar-refractivity contribution in [1.82, 2.24) is 0 Å². The Labute approximate surface area is 83.4 Å². The fraction of sp³-hybridized carbons (Fsp3) is 0.455. The summed E-state index contributed by atoms with van der Waals surface area (Å²) in [6.07, 6.45) is 3.31. The molecule has 0 aliphatic heterocycles. The molecule has 0 saturated carbocycles. The maximum Gasteiger partial charge on any atom is 0.0260 e. The molecule has 0 spiro atoms. The van der Waals surface area contributed by atoms with Gasteiger partial charge in [0.25, 0.3) is 0 Å². The third kappa shape index (κ3) is 1.88. The lowest BCUT2D eigenvalue weighted by atomic mass is 10.0. The van der Waals surface area contributed by atoms with Gasteiger partial charge in [-0.05, 0) is 41.8 Å². The van der Waals surface area contributed by atoms with E-state index < -0.39 is 0 Å². The summed E-state index contributed by atoms with van der Waals surface area (Å²) in [5.74, 6) is 0.679. The van der Waals surface area contributed by atoms with Crippen molar-refractivity contribution in [3.8, 4) is 0 Å². The molecule has 3 heteroatoms. The largest absolute Gasteiger partial charge is 0.0940 e. The second-order valence-electron chi connectivity index (χ2n) is 3.79. The van der Waals surface area contributed by atoms with Crippen LogP contribution in [0.5, 0.6) is 0 Å². The molecule has 0 saturated heterocycles. The van der Waals surface area contributed by atoms with Crippen LogP contribution in [0.15, 0.2) is 29.4 Å². The van der Waals surface area contributed by atoms with Gasteiger partial charge >= 0.3 is 0 Å². The van der Waals surface area contributed by atoms with Crippen molar-refractivity contribution in [2.24, 2.45) is 11.0 Å². The first-order chi connectivity index (χ1) is 6.90. The summed E-state index contributed by atoms with van der Waals surface area (Å²) < 4.78 is 0. The van der Waals surface area contributed by atoms with E-state index in [0.29, 0.717) is 12.5 Å². The Morgan fingerprint density at radius 1 is 1.29 bits per heavy atom. The van der Waals surface area contributed by atoms with Gasteiger partial charge in [0.15, 0.2) is 0 Å². The van der Waals surface area contributed by atoms with Crippen molar-refractivity contribution >= 4 is 0 Å². The number of hydrogen-bond donors (Lipinski definition) is 0. The van der Waals surface area contributed by atoms with Crippen LogP contribution < -0.4 is 0 Å². The van der Waals surface area contributed by atoms with Crippen molar-refractivity contribution < 1.29 is 0 Å². The van der Waals surface area contributed by atoms with Crippen LogP contribution in [0.4, 0.5) is 0 Å². The molecule has 0 radical (unpaired) electrons. The minimum Gasteiger partial charge on any atom is -0.0940 e. The van der Waals surface area contributed by atoms with Gasteiger partial charge in [0.05, 0.1) is 0 Å². The van der Waals surface area contributed by atoms with Gasteiger partial charge in [-0.2, -0.15) is 0 Å². The van der Waals surface area contributed by atoms with Crippen molar-refractivity contribution in [2.45, 2.75) is 19.3 Å². The van der Waals surface area contributed by atoms with Gasteiger partial charge in [-0.3, -0.25) is 0 Å². The van der Waals surface area contributed by atoms with Gasteiger partial charge in [0.2, 0.25) is 0 Å². The van der Waals surface area contributed by atoms with Crippen LogP contribution in [0.2, 0.25) is 0 Å². The Morgan fingerprint density at radius 2 is 1.93 bits per heavy atom. The van der Waals surface area contributed by atoms with Crippen LogP contribution in [-0.4, -0.2) is 6.54 Å². The van der Waals surface area contributed by atoms with Crippen LogP contribution in [0, 0.1) is 5.92 Å². The summed E-state index contributed by atoms with van der Waals surface area (Å²) in [7, 11) is 0. The van der Waals surface area contributed by atoms with Crippen LogP contribution in [0.1, 0.15) is 17.5 Å². The number of rotatable bonds is 3. The Hall–Kier alpha value is -1.47. The highest BCUT2D eigenvalue weighted by atomic mass is 15.1. The third-order valence-electron chi connectivity index (χ3n) is 2.84. The highest BCUT2D eigenvalue weighted by Gasteiger charge is 2.19. The maximum absolute atomic E-state index is 8.17. The third-order valence-corrected chi connectivity index (χ3v) is 2.84.